The van der Waals surface area contributed by atoms with E-state index in [2.05, 4.69) is 41.8 Å². The molecule has 1 fully saturated rings. The van der Waals surface area contributed by atoms with E-state index < -0.39 is 0 Å². The van der Waals surface area contributed by atoms with Crippen LogP contribution in [0.5, 0.6) is 0 Å². The lowest BCUT2D eigenvalue weighted by Crippen LogP contribution is -2.38. The third-order valence-corrected chi connectivity index (χ3v) is 4.34. The maximum Gasteiger partial charge on any atom is 0.224 e. The van der Waals surface area contributed by atoms with Crippen molar-refractivity contribution in [1.82, 2.24) is 10.6 Å². The fraction of sp³-hybridized carbons (Fsp3) is 0.533. The number of nitrogens with one attached hydrogen (secondary N) is 2. The third kappa shape index (κ3) is 2.03. The molecule has 1 aliphatic heterocycles. The molecule has 1 amide bonds. The molecule has 1 aromatic carbocycles. The molecule has 1 heterocycles. The first-order valence-electron chi connectivity index (χ1n) is 6.82. The average molecular weight is 244 g/mol. The molecule has 0 bridgehead atoms. The predicted molar refractivity (Wildman–Crippen MR) is 71.4 cm³/mol. The Balaban J connectivity index is 1.53. The standard InChI is InChI=1S/C15H20N2O/c1-10-7-16-9-14(10)15(18)17-8-12-6-11-4-2-3-5-13(11)12/h2-5,10,12,14,16H,6-9H2,1H3,(H,17,18). The van der Waals surface area contributed by atoms with E-state index in [1.807, 2.05) is 0 Å². The van der Waals surface area contributed by atoms with Gasteiger partial charge in [0.25, 0.3) is 0 Å². The van der Waals surface area contributed by atoms with Crippen LogP contribution in [0.1, 0.15) is 24.0 Å². The van der Waals surface area contributed by atoms with Crippen LogP contribution in [0, 0.1) is 11.8 Å². The molecule has 0 saturated carbocycles. The Bertz CT molecular complexity index is 458. The first kappa shape index (κ1) is 11.7. The Morgan fingerprint density at radius 1 is 1.39 bits per heavy atom. The molecule has 1 aromatic rings. The predicted octanol–water partition coefficient (Wildman–Crippen LogP) is 1.30. The van der Waals surface area contributed by atoms with Gasteiger partial charge < -0.3 is 10.6 Å². The van der Waals surface area contributed by atoms with Crippen molar-refractivity contribution in [2.75, 3.05) is 19.6 Å². The number of carbonyl (C=O) groups is 1. The van der Waals surface area contributed by atoms with E-state index in [-0.39, 0.29) is 11.8 Å². The number of amides is 1. The summed E-state index contributed by atoms with van der Waals surface area (Å²) in [6.07, 6.45) is 1.11. The van der Waals surface area contributed by atoms with Gasteiger partial charge in [0, 0.05) is 19.0 Å². The van der Waals surface area contributed by atoms with E-state index in [0.29, 0.717) is 11.8 Å². The molecule has 2 aliphatic rings. The Hall–Kier alpha value is -1.35. The van der Waals surface area contributed by atoms with Crippen molar-refractivity contribution < 1.29 is 4.79 Å². The lowest BCUT2D eigenvalue weighted by Gasteiger charge is -2.30. The minimum atomic E-state index is 0.153. The van der Waals surface area contributed by atoms with Gasteiger partial charge in [-0.1, -0.05) is 31.2 Å². The van der Waals surface area contributed by atoms with Gasteiger partial charge in [0.05, 0.1) is 5.92 Å². The van der Waals surface area contributed by atoms with Crippen LogP contribution in [-0.4, -0.2) is 25.5 Å². The van der Waals surface area contributed by atoms with Gasteiger partial charge in [-0.3, -0.25) is 4.79 Å². The molecule has 0 aromatic heterocycles. The van der Waals surface area contributed by atoms with E-state index in [9.17, 15) is 4.79 Å². The molecule has 0 spiro atoms. The van der Waals surface area contributed by atoms with Crippen LogP contribution in [0.4, 0.5) is 0 Å². The Morgan fingerprint density at radius 2 is 2.22 bits per heavy atom. The highest BCUT2D eigenvalue weighted by Crippen LogP contribution is 2.34. The molecule has 3 heteroatoms. The Labute approximate surface area is 108 Å². The normalized spacial score (nSPS) is 29.5. The van der Waals surface area contributed by atoms with Gasteiger partial charge in [-0.2, -0.15) is 0 Å². The van der Waals surface area contributed by atoms with E-state index in [1.165, 1.54) is 11.1 Å². The van der Waals surface area contributed by atoms with Gasteiger partial charge in [0.15, 0.2) is 0 Å². The van der Waals surface area contributed by atoms with Crippen molar-refractivity contribution in [2.24, 2.45) is 11.8 Å². The highest BCUT2D eigenvalue weighted by atomic mass is 16.1. The summed E-state index contributed by atoms with van der Waals surface area (Å²) in [5, 5.41) is 6.39. The maximum atomic E-state index is 12.1. The van der Waals surface area contributed by atoms with E-state index >= 15 is 0 Å². The second kappa shape index (κ2) is 4.73. The van der Waals surface area contributed by atoms with Crippen LogP contribution >= 0.6 is 0 Å². The summed E-state index contributed by atoms with van der Waals surface area (Å²) in [6, 6.07) is 8.52. The summed E-state index contributed by atoms with van der Waals surface area (Å²) >= 11 is 0. The highest BCUT2D eigenvalue weighted by Gasteiger charge is 2.31. The van der Waals surface area contributed by atoms with Gasteiger partial charge in [0.2, 0.25) is 5.91 Å². The molecule has 3 unspecified atom stereocenters. The van der Waals surface area contributed by atoms with Gasteiger partial charge in [-0.25, -0.2) is 0 Å². The van der Waals surface area contributed by atoms with Crippen LogP contribution in [0.25, 0.3) is 0 Å². The molecule has 1 saturated heterocycles. The van der Waals surface area contributed by atoms with Crippen molar-refractivity contribution in [3.05, 3.63) is 35.4 Å². The third-order valence-electron chi connectivity index (χ3n) is 4.34. The largest absolute Gasteiger partial charge is 0.355 e. The summed E-state index contributed by atoms with van der Waals surface area (Å²) < 4.78 is 0. The lowest BCUT2D eigenvalue weighted by atomic mass is 9.77. The molecule has 18 heavy (non-hydrogen) atoms. The zero-order valence-electron chi connectivity index (χ0n) is 10.8. The monoisotopic (exact) mass is 244 g/mol. The number of carbonyl (C=O) groups excluding carboxylic acids is 1. The van der Waals surface area contributed by atoms with Crippen LogP contribution < -0.4 is 10.6 Å². The zero-order chi connectivity index (χ0) is 12.5. The topological polar surface area (TPSA) is 41.1 Å². The van der Waals surface area contributed by atoms with Crippen molar-refractivity contribution in [3.8, 4) is 0 Å². The van der Waals surface area contributed by atoms with Crippen molar-refractivity contribution in [1.29, 1.82) is 0 Å². The van der Waals surface area contributed by atoms with Crippen LogP contribution in [0.15, 0.2) is 24.3 Å². The highest BCUT2D eigenvalue weighted by molar-refractivity contribution is 5.79. The average Bonchev–Trinajstić information content (AvgIpc) is 2.76. The van der Waals surface area contributed by atoms with Crippen LogP contribution in [0.2, 0.25) is 0 Å². The van der Waals surface area contributed by atoms with E-state index in [1.54, 1.807) is 0 Å². The van der Waals surface area contributed by atoms with Crippen molar-refractivity contribution in [3.63, 3.8) is 0 Å². The molecule has 2 N–H and O–H groups in total. The number of hydrogen-bond donors (Lipinski definition) is 2. The summed E-state index contributed by atoms with van der Waals surface area (Å²) in [5.74, 6) is 1.35. The second-order valence-electron chi connectivity index (χ2n) is 5.59. The molecule has 3 rings (SSSR count). The van der Waals surface area contributed by atoms with E-state index in [4.69, 9.17) is 0 Å². The molecule has 3 atom stereocenters. The van der Waals surface area contributed by atoms with Crippen LogP contribution in [-0.2, 0) is 11.2 Å². The number of fused-ring (bicyclic) bond motifs is 1. The molecular formula is C15H20N2O. The summed E-state index contributed by atoms with van der Waals surface area (Å²) in [5.41, 5.74) is 2.85. The summed E-state index contributed by atoms with van der Waals surface area (Å²) in [7, 11) is 0. The van der Waals surface area contributed by atoms with Crippen molar-refractivity contribution in [2.45, 2.75) is 19.3 Å². The number of rotatable bonds is 3. The van der Waals surface area contributed by atoms with Crippen LogP contribution in [0.3, 0.4) is 0 Å². The van der Waals surface area contributed by atoms with Gasteiger partial charge in [-0.15, -0.1) is 0 Å². The van der Waals surface area contributed by atoms with Crippen molar-refractivity contribution >= 4 is 5.91 Å². The summed E-state index contributed by atoms with van der Waals surface area (Å²) in [4.78, 5) is 12.1. The number of hydrogen-bond acceptors (Lipinski definition) is 2. The minimum Gasteiger partial charge on any atom is -0.355 e. The lowest BCUT2D eigenvalue weighted by molar-refractivity contribution is -0.125. The fourth-order valence-corrected chi connectivity index (χ4v) is 3.06. The summed E-state index contributed by atoms with van der Waals surface area (Å²) in [6.45, 7) is 4.72. The minimum absolute atomic E-state index is 0.153. The smallest absolute Gasteiger partial charge is 0.224 e. The Kier molecular flexibility index (Phi) is 3.08. The fourth-order valence-electron chi connectivity index (χ4n) is 3.06. The van der Waals surface area contributed by atoms with Gasteiger partial charge >= 0.3 is 0 Å². The number of benzene rings is 1. The first-order chi connectivity index (χ1) is 8.75. The van der Waals surface area contributed by atoms with E-state index in [0.717, 1.165) is 26.1 Å². The molecule has 1 aliphatic carbocycles. The molecular weight excluding hydrogens is 224 g/mol. The quantitative estimate of drug-likeness (QED) is 0.841. The van der Waals surface area contributed by atoms with Gasteiger partial charge in [0.1, 0.15) is 0 Å². The molecule has 96 valence electrons. The SMILES string of the molecule is CC1CNCC1C(=O)NCC1Cc2ccccc21. The maximum absolute atomic E-state index is 12.1. The van der Waals surface area contributed by atoms with Gasteiger partial charge in [-0.05, 0) is 30.0 Å². The molecule has 3 nitrogen and oxygen atoms in total. The zero-order valence-corrected chi connectivity index (χ0v) is 10.8. The Morgan fingerprint density at radius 3 is 2.94 bits per heavy atom. The first-order valence-corrected chi connectivity index (χ1v) is 6.82. The second-order valence-corrected chi connectivity index (χ2v) is 5.59. The molecule has 0 radical (unpaired) electrons.